The Bertz CT molecular complexity index is 141. The molecular weight excluding hydrogens is 168 g/mol. The van der Waals surface area contributed by atoms with Crippen molar-refractivity contribution in [1.29, 1.82) is 0 Å². The second-order valence-electron chi connectivity index (χ2n) is 3.29. The van der Waals surface area contributed by atoms with Crippen LogP contribution in [0.15, 0.2) is 0 Å². The molecule has 1 aliphatic heterocycles. The van der Waals surface area contributed by atoms with Gasteiger partial charge in [0.05, 0.1) is 11.0 Å². The van der Waals surface area contributed by atoms with E-state index in [-0.39, 0.29) is 0 Å². The fraction of sp³-hybridized carbons (Fsp3) is 0.889. The average Bonchev–Trinajstić information content (AvgIpc) is 2.56. The Kier molecular flexibility index (Phi) is 4.54. The molecular formula is C9H18N2S. The third-order valence-corrected chi connectivity index (χ3v) is 2.64. The van der Waals surface area contributed by atoms with Crippen LogP contribution < -0.4 is 10.6 Å². The zero-order valence-corrected chi connectivity index (χ0v) is 8.54. The van der Waals surface area contributed by atoms with Crippen LogP contribution in [-0.2, 0) is 0 Å². The molecule has 3 heteroatoms. The number of rotatable bonds is 4. The van der Waals surface area contributed by atoms with Crippen molar-refractivity contribution in [3.8, 4) is 0 Å². The van der Waals surface area contributed by atoms with E-state index in [2.05, 4.69) is 17.6 Å². The summed E-state index contributed by atoms with van der Waals surface area (Å²) < 4.78 is 0. The number of nitrogens with one attached hydrogen (secondary N) is 2. The van der Waals surface area contributed by atoms with Crippen LogP contribution in [0.2, 0.25) is 0 Å². The summed E-state index contributed by atoms with van der Waals surface area (Å²) in [5.41, 5.74) is 0. The van der Waals surface area contributed by atoms with Gasteiger partial charge in [0, 0.05) is 6.54 Å². The fourth-order valence-electron chi connectivity index (χ4n) is 1.42. The van der Waals surface area contributed by atoms with Crippen molar-refractivity contribution >= 4 is 17.2 Å². The highest BCUT2D eigenvalue weighted by molar-refractivity contribution is 7.80. The summed E-state index contributed by atoms with van der Waals surface area (Å²) in [7, 11) is 0. The Hall–Kier alpha value is -0.150. The zero-order chi connectivity index (χ0) is 8.81. The molecule has 0 aromatic carbocycles. The van der Waals surface area contributed by atoms with Crippen molar-refractivity contribution in [3.63, 3.8) is 0 Å². The molecule has 2 nitrogen and oxygen atoms in total. The molecule has 0 radical (unpaired) electrons. The second kappa shape index (κ2) is 5.49. The van der Waals surface area contributed by atoms with Gasteiger partial charge < -0.3 is 10.6 Å². The molecule has 1 aliphatic rings. The maximum absolute atomic E-state index is 5.25. The van der Waals surface area contributed by atoms with E-state index in [9.17, 15) is 0 Å². The Morgan fingerprint density at radius 2 is 2.50 bits per heavy atom. The maximum atomic E-state index is 5.25. The van der Waals surface area contributed by atoms with E-state index in [1.807, 2.05) is 0 Å². The highest BCUT2D eigenvalue weighted by Gasteiger charge is 2.17. The van der Waals surface area contributed by atoms with Gasteiger partial charge in [-0.15, -0.1) is 0 Å². The van der Waals surface area contributed by atoms with Gasteiger partial charge in [-0.05, 0) is 25.8 Å². The Balaban J connectivity index is 2.10. The fourth-order valence-corrected chi connectivity index (χ4v) is 1.72. The monoisotopic (exact) mass is 186 g/mol. The number of hydrogen-bond donors (Lipinski definition) is 2. The Labute approximate surface area is 80.1 Å². The lowest BCUT2D eigenvalue weighted by Crippen LogP contribution is -2.39. The molecule has 0 saturated carbocycles. The van der Waals surface area contributed by atoms with Gasteiger partial charge >= 0.3 is 0 Å². The average molecular weight is 186 g/mol. The highest BCUT2D eigenvalue weighted by Crippen LogP contribution is 2.05. The summed E-state index contributed by atoms with van der Waals surface area (Å²) in [5.74, 6) is 0. The van der Waals surface area contributed by atoms with Gasteiger partial charge in [0.15, 0.2) is 0 Å². The normalized spacial score (nSPS) is 22.6. The molecule has 0 unspecified atom stereocenters. The summed E-state index contributed by atoms with van der Waals surface area (Å²) in [6, 6.07) is 0.455. The van der Waals surface area contributed by atoms with Crippen LogP contribution in [0.3, 0.4) is 0 Å². The molecule has 0 aromatic heterocycles. The smallest absolute Gasteiger partial charge is 0.0925 e. The Morgan fingerprint density at radius 3 is 3.08 bits per heavy atom. The van der Waals surface area contributed by atoms with E-state index in [4.69, 9.17) is 12.2 Å². The van der Waals surface area contributed by atoms with Crippen molar-refractivity contribution < 1.29 is 0 Å². The molecule has 0 amide bonds. The molecule has 2 N–H and O–H groups in total. The minimum atomic E-state index is 0.455. The lowest BCUT2D eigenvalue weighted by molar-refractivity contribution is 0.706. The molecule has 0 spiro atoms. The Morgan fingerprint density at radius 1 is 1.67 bits per heavy atom. The predicted molar refractivity (Wildman–Crippen MR) is 56.5 cm³/mol. The first-order chi connectivity index (χ1) is 5.84. The maximum Gasteiger partial charge on any atom is 0.0925 e. The SMILES string of the molecule is CCCCNC(=S)[C@@H]1CCCN1. The standard InChI is InChI=1S/C9H18N2S/c1-2-3-6-11-9(12)8-5-4-7-10-8/h8,10H,2-7H2,1H3,(H,11,12)/t8-/m0/s1. The summed E-state index contributed by atoms with van der Waals surface area (Å²) in [6.07, 6.45) is 4.92. The van der Waals surface area contributed by atoms with Gasteiger partial charge in [-0.2, -0.15) is 0 Å². The van der Waals surface area contributed by atoms with E-state index in [0.29, 0.717) is 6.04 Å². The lowest BCUT2D eigenvalue weighted by atomic mass is 10.2. The van der Waals surface area contributed by atoms with E-state index >= 15 is 0 Å². The molecule has 0 aliphatic carbocycles. The summed E-state index contributed by atoms with van der Waals surface area (Å²) >= 11 is 5.25. The van der Waals surface area contributed by atoms with E-state index < -0.39 is 0 Å². The van der Waals surface area contributed by atoms with Gasteiger partial charge in [-0.3, -0.25) is 0 Å². The van der Waals surface area contributed by atoms with Crippen LogP contribution in [0, 0.1) is 0 Å². The molecule has 1 atom stereocenters. The lowest BCUT2D eigenvalue weighted by Gasteiger charge is -2.13. The minimum absolute atomic E-state index is 0.455. The van der Waals surface area contributed by atoms with E-state index in [1.165, 1.54) is 25.7 Å². The summed E-state index contributed by atoms with van der Waals surface area (Å²) in [4.78, 5) is 1.01. The van der Waals surface area contributed by atoms with Crippen molar-refractivity contribution in [2.75, 3.05) is 13.1 Å². The quantitative estimate of drug-likeness (QED) is 0.513. The summed E-state index contributed by atoms with van der Waals surface area (Å²) in [5, 5.41) is 6.67. The van der Waals surface area contributed by atoms with Crippen LogP contribution in [0.5, 0.6) is 0 Å². The molecule has 1 rings (SSSR count). The minimum Gasteiger partial charge on any atom is -0.378 e. The number of unbranched alkanes of at least 4 members (excludes halogenated alkanes) is 1. The number of thiocarbonyl (C=S) groups is 1. The zero-order valence-electron chi connectivity index (χ0n) is 7.73. The molecule has 0 bridgehead atoms. The predicted octanol–water partition coefficient (Wildman–Crippen LogP) is 1.46. The molecule has 0 aromatic rings. The number of hydrogen-bond acceptors (Lipinski definition) is 2. The van der Waals surface area contributed by atoms with E-state index in [1.54, 1.807) is 0 Å². The largest absolute Gasteiger partial charge is 0.378 e. The van der Waals surface area contributed by atoms with Gasteiger partial charge in [-0.1, -0.05) is 25.6 Å². The van der Waals surface area contributed by atoms with Crippen molar-refractivity contribution in [3.05, 3.63) is 0 Å². The van der Waals surface area contributed by atoms with Crippen LogP contribution in [0.25, 0.3) is 0 Å². The van der Waals surface area contributed by atoms with Gasteiger partial charge in [0.25, 0.3) is 0 Å². The van der Waals surface area contributed by atoms with Gasteiger partial charge in [-0.25, -0.2) is 0 Å². The third-order valence-electron chi connectivity index (χ3n) is 2.21. The van der Waals surface area contributed by atoms with Crippen LogP contribution in [0.4, 0.5) is 0 Å². The third kappa shape index (κ3) is 3.07. The van der Waals surface area contributed by atoms with Gasteiger partial charge in [0.2, 0.25) is 0 Å². The van der Waals surface area contributed by atoms with Crippen molar-refractivity contribution in [1.82, 2.24) is 10.6 Å². The molecule has 70 valence electrons. The first-order valence-corrected chi connectivity index (χ1v) is 5.26. The van der Waals surface area contributed by atoms with Crippen LogP contribution in [-0.4, -0.2) is 24.1 Å². The topological polar surface area (TPSA) is 24.1 Å². The highest BCUT2D eigenvalue weighted by atomic mass is 32.1. The first-order valence-electron chi connectivity index (χ1n) is 4.85. The van der Waals surface area contributed by atoms with Crippen molar-refractivity contribution in [2.45, 2.75) is 38.6 Å². The molecule has 1 heterocycles. The van der Waals surface area contributed by atoms with Crippen molar-refractivity contribution in [2.24, 2.45) is 0 Å². The van der Waals surface area contributed by atoms with Crippen LogP contribution >= 0.6 is 12.2 Å². The first kappa shape index (κ1) is 9.93. The van der Waals surface area contributed by atoms with Crippen LogP contribution in [0.1, 0.15) is 32.6 Å². The molecule has 1 saturated heterocycles. The summed E-state index contributed by atoms with van der Waals surface area (Å²) in [6.45, 7) is 4.35. The van der Waals surface area contributed by atoms with Gasteiger partial charge in [0.1, 0.15) is 0 Å². The van der Waals surface area contributed by atoms with E-state index in [0.717, 1.165) is 18.1 Å². The molecule has 12 heavy (non-hydrogen) atoms. The second-order valence-corrected chi connectivity index (χ2v) is 3.73. The molecule has 1 fully saturated rings.